The first-order chi connectivity index (χ1) is 9.09. The molecule has 0 aromatic heterocycles. The van der Waals surface area contributed by atoms with E-state index in [4.69, 9.17) is 11.6 Å². The van der Waals surface area contributed by atoms with Crippen molar-refractivity contribution in [1.82, 2.24) is 0 Å². The summed E-state index contributed by atoms with van der Waals surface area (Å²) in [5.41, 5.74) is 0.634. The Bertz CT molecular complexity index is 340. The van der Waals surface area contributed by atoms with Gasteiger partial charge in [0.15, 0.2) is 0 Å². The van der Waals surface area contributed by atoms with Crippen LogP contribution >= 0.6 is 11.6 Å². The molecule has 0 aromatic carbocycles. The minimum absolute atomic E-state index is 0.249. The van der Waals surface area contributed by atoms with E-state index in [0.29, 0.717) is 11.5 Å². The average molecular weight is 285 g/mol. The molecule has 2 heteroatoms. The Labute approximate surface area is 122 Å². The van der Waals surface area contributed by atoms with Gasteiger partial charge in [-0.25, -0.2) is 4.39 Å². The standard InChI is InChI=1S/C17H26ClF/c1-12(17(19)13(2)18)14-8-10-16(11-9-14)15-6-4-3-5-7-15/h14-16H,1,3-11H2,2H3/b17-13-. The Hall–Kier alpha value is -0.300. The molecule has 0 atom stereocenters. The molecule has 0 aliphatic heterocycles. The highest BCUT2D eigenvalue weighted by molar-refractivity contribution is 6.29. The van der Waals surface area contributed by atoms with Crippen molar-refractivity contribution < 1.29 is 4.39 Å². The number of allylic oxidation sites excluding steroid dienone is 3. The molecule has 2 fully saturated rings. The molecule has 0 nitrogen and oxygen atoms in total. The summed E-state index contributed by atoms with van der Waals surface area (Å²) < 4.78 is 13.8. The second-order valence-corrected chi connectivity index (χ2v) is 6.95. The maximum absolute atomic E-state index is 13.8. The van der Waals surface area contributed by atoms with E-state index in [-0.39, 0.29) is 10.9 Å². The molecule has 0 spiro atoms. The van der Waals surface area contributed by atoms with Crippen LogP contribution in [-0.4, -0.2) is 0 Å². The van der Waals surface area contributed by atoms with Crippen LogP contribution < -0.4 is 0 Å². The van der Waals surface area contributed by atoms with Crippen molar-refractivity contribution in [1.29, 1.82) is 0 Å². The van der Waals surface area contributed by atoms with Crippen LogP contribution in [0.2, 0.25) is 0 Å². The molecule has 2 aliphatic carbocycles. The molecule has 0 aromatic rings. The van der Waals surface area contributed by atoms with Gasteiger partial charge in [-0.2, -0.15) is 0 Å². The van der Waals surface area contributed by atoms with Gasteiger partial charge >= 0.3 is 0 Å². The number of rotatable bonds is 3. The largest absolute Gasteiger partial charge is 0.205 e. The average Bonchev–Trinajstić information content (AvgIpc) is 2.46. The van der Waals surface area contributed by atoms with Gasteiger partial charge in [0.2, 0.25) is 0 Å². The smallest absolute Gasteiger partial charge is 0.140 e. The van der Waals surface area contributed by atoms with Gasteiger partial charge in [-0.05, 0) is 55.9 Å². The van der Waals surface area contributed by atoms with Gasteiger partial charge in [-0.1, -0.05) is 50.3 Å². The Morgan fingerprint density at radius 1 is 0.947 bits per heavy atom. The second-order valence-electron chi connectivity index (χ2n) is 6.38. The van der Waals surface area contributed by atoms with Crippen LogP contribution in [0.3, 0.4) is 0 Å². The molecular weight excluding hydrogens is 259 g/mol. The minimum Gasteiger partial charge on any atom is -0.205 e. The summed E-state index contributed by atoms with van der Waals surface area (Å²) in [5, 5.41) is 0.249. The zero-order valence-corrected chi connectivity index (χ0v) is 12.8. The molecule has 0 heterocycles. The third-order valence-corrected chi connectivity index (χ3v) is 5.33. The predicted octanol–water partition coefficient (Wildman–Crippen LogP) is 6.37. The van der Waals surface area contributed by atoms with Crippen molar-refractivity contribution in [2.24, 2.45) is 17.8 Å². The van der Waals surface area contributed by atoms with Gasteiger partial charge in [0.25, 0.3) is 0 Å². The Kier molecular flexibility index (Phi) is 5.50. The van der Waals surface area contributed by atoms with Gasteiger partial charge < -0.3 is 0 Å². The lowest BCUT2D eigenvalue weighted by Crippen LogP contribution is -2.24. The highest BCUT2D eigenvalue weighted by Gasteiger charge is 2.30. The fourth-order valence-corrected chi connectivity index (χ4v) is 4.07. The van der Waals surface area contributed by atoms with E-state index in [0.717, 1.165) is 24.7 Å². The van der Waals surface area contributed by atoms with Crippen LogP contribution in [-0.2, 0) is 0 Å². The first-order valence-corrected chi connectivity index (χ1v) is 8.18. The number of hydrogen-bond acceptors (Lipinski definition) is 0. The normalized spacial score (nSPS) is 30.9. The number of halogens is 2. The zero-order valence-electron chi connectivity index (χ0n) is 12.1. The SMILES string of the molecule is C=C(/C(F)=C(\C)Cl)C1CCC(C2CCCCC2)CC1. The van der Waals surface area contributed by atoms with E-state index in [1.54, 1.807) is 6.92 Å². The van der Waals surface area contributed by atoms with Gasteiger partial charge in [0.1, 0.15) is 5.83 Å². The zero-order chi connectivity index (χ0) is 13.8. The van der Waals surface area contributed by atoms with E-state index in [1.165, 1.54) is 44.9 Å². The van der Waals surface area contributed by atoms with Gasteiger partial charge in [-0.3, -0.25) is 0 Å². The summed E-state index contributed by atoms with van der Waals surface area (Å²) in [4.78, 5) is 0. The number of hydrogen-bond donors (Lipinski definition) is 0. The van der Waals surface area contributed by atoms with Crippen LogP contribution in [0.5, 0.6) is 0 Å². The molecule has 0 amide bonds. The Morgan fingerprint density at radius 3 is 2.00 bits per heavy atom. The fourth-order valence-electron chi connectivity index (χ4n) is 3.95. The molecule has 0 saturated heterocycles. The Morgan fingerprint density at radius 2 is 1.47 bits per heavy atom. The molecule has 0 bridgehead atoms. The van der Waals surface area contributed by atoms with E-state index in [1.807, 2.05) is 0 Å². The van der Waals surface area contributed by atoms with Crippen molar-refractivity contribution in [2.75, 3.05) is 0 Å². The highest BCUT2D eigenvalue weighted by Crippen LogP contribution is 2.42. The summed E-state index contributed by atoms with van der Waals surface area (Å²) in [6, 6.07) is 0. The second kappa shape index (κ2) is 6.92. The van der Waals surface area contributed by atoms with Crippen LogP contribution in [0.15, 0.2) is 23.0 Å². The Balaban J connectivity index is 1.85. The maximum Gasteiger partial charge on any atom is 0.140 e. The molecule has 108 valence electrons. The third-order valence-electron chi connectivity index (χ3n) is 5.17. The van der Waals surface area contributed by atoms with Crippen LogP contribution in [0.25, 0.3) is 0 Å². The van der Waals surface area contributed by atoms with Crippen molar-refractivity contribution in [3.8, 4) is 0 Å². The van der Waals surface area contributed by atoms with Crippen molar-refractivity contribution >= 4 is 11.6 Å². The van der Waals surface area contributed by atoms with Gasteiger partial charge in [0, 0.05) is 0 Å². The maximum atomic E-state index is 13.8. The molecule has 2 saturated carbocycles. The molecule has 19 heavy (non-hydrogen) atoms. The van der Waals surface area contributed by atoms with Crippen LogP contribution in [0, 0.1) is 17.8 Å². The van der Waals surface area contributed by atoms with E-state index in [9.17, 15) is 4.39 Å². The van der Waals surface area contributed by atoms with Gasteiger partial charge in [-0.15, -0.1) is 0 Å². The first kappa shape index (κ1) is 15.1. The van der Waals surface area contributed by atoms with E-state index >= 15 is 0 Å². The quantitative estimate of drug-likeness (QED) is 0.528. The summed E-state index contributed by atoms with van der Waals surface area (Å²) in [6.45, 7) is 5.53. The van der Waals surface area contributed by atoms with Crippen LogP contribution in [0.4, 0.5) is 4.39 Å². The lowest BCUT2D eigenvalue weighted by molar-refractivity contribution is 0.177. The minimum atomic E-state index is -0.275. The monoisotopic (exact) mass is 284 g/mol. The molecular formula is C17H26ClF. The molecule has 2 rings (SSSR count). The molecule has 0 unspecified atom stereocenters. The molecule has 0 N–H and O–H groups in total. The van der Waals surface area contributed by atoms with E-state index in [2.05, 4.69) is 6.58 Å². The van der Waals surface area contributed by atoms with Gasteiger partial charge in [0.05, 0.1) is 5.03 Å². The highest BCUT2D eigenvalue weighted by atomic mass is 35.5. The van der Waals surface area contributed by atoms with E-state index < -0.39 is 0 Å². The molecule has 0 radical (unpaired) electrons. The summed E-state index contributed by atoms with van der Waals surface area (Å²) in [7, 11) is 0. The molecule has 2 aliphatic rings. The van der Waals surface area contributed by atoms with Crippen LogP contribution in [0.1, 0.15) is 64.7 Å². The topological polar surface area (TPSA) is 0 Å². The third kappa shape index (κ3) is 3.84. The predicted molar refractivity (Wildman–Crippen MR) is 80.8 cm³/mol. The lowest BCUT2D eigenvalue weighted by atomic mass is 9.70. The lowest BCUT2D eigenvalue weighted by Gasteiger charge is -2.36. The summed E-state index contributed by atoms with van der Waals surface area (Å²) in [6.07, 6.45) is 11.8. The fraction of sp³-hybridized carbons (Fsp3) is 0.765. The summed E-state index contributed by atoms with van der Waals surface area (Å²) >= 11 is 5.74. The van der Waals surface area contributed by atoms with Crippen molar-refractivity contribution in [3.63, 3.8) is 0 Å². The van der Waals surface area contributed by atoms with Crippen molar-refractivity contribution in [2.45, 2.75) is 64.7 Å². The first-order valence-electron chi connectivity index (χ1n) is 7.80. The summed E-state index contributed by atoms with van der Waals surface area (Å²) in [5.74, 6) is 1.86. The van der Waals surface area contributed by atoms with Crippen molar-refractivity contribution in [3.05, 3.63) is 23.0 Å².